The topological polar surface area (TPSA) is 74.8 Å². The van der Waals surface area contributed by atoms with E-state index in [9.17, 15) is 9.59 Å². The summed E-state index contributed by atoms with van der Waals surface area (Å²) in [6.07, 6.45) is 3.14. The Hall–Kier alpha value is -1.83. The first-order chi connectivity index (χ1) is 13.1. The van der Waals surface area contributed by atoms with Crippen LogP contribution in [0.2, 0.25) is 5.02 Å². The number of hydrogen-bond acceptors (Lipinski definition) is 5. The van der Waals surface area contributed by atoms with Crippen molar-refractivity contribution in [3.05, 3.63) is 61.5 Å². The van der Waals surface area contributed by atoms with Crippen LogP contribution in [0.15, 0.2) is 29.1 Å². The summed E-state index contributed by atoms with van der Waals surface area (Å²) in [6, 6.07) is 7.44. The van der Waals surface area contributed by atoms with Crippen LogP contribution in [0.1, 0.15) is 28.2 Å². The van der Waals surface area contributed by atoms with Crippen molar-refractivity contribution in [1.82, 2.24) is 15.3 Å². The van der Waals surface area contributed by atoms with Gasteiger partial charge in [0.25, 0.3) is 5.56 Å². The second-order valence-electron chi connectivity index (χ2n) is 6.41. The Morgan fingerprint density at radius 2 is 2.19 bits per heavy atom. The van der Waals surface area contributed by atoms with E-state index in [0.29, 0.717) is 28.9 Å². The van der Waals surface area contributed by atoms with Crippen LogP contribution in [0.3, 0.4) is 0 Å². The van der Waals surface area contributed by atoms with Crippen molar-refractivity contribution < 1.29 is 4.79 Å². The van der Waals surface area contributed by atoms with Crippen LogP contribution in [0, 0.1) is 0 Å². The van der Waals surface area contributed by atoms with E-state index < -0.39 is 0 Å². The molecule has 1 amide bonds. The van der Waals surface area contributed by atoms with Gasteiger partial charge in [-0.25, -0.2) is 4.98 Å². The Labute approximate surface area is 169 Å². The molecule has 0 fully saturated rings. The van der Waals surface area contributed by atoms with Crippen LogP contribution >= 0.6 is 34.7 Å². The number of amides is 1. The average molecular weight is 420 g/mol. The minimum atomic E-state index is -0.0709. The molecule has 1 aliphatic rings. The van der Waals surface area contributed by atoms with Gasteiger partial charge in [0.2, 0.25) is 5.91 Å². The molecule has 8 heteroatoms. The van der Waals surface area contributed by atoms with Gasteiger partial charge in [0, 0.05) is 16.4 Å². The maximum absolute atomic E-state index is 12.4. The van der Waals surface area contributed by atoms with Crippen molar-refractivity contribution in [2.75, 3.05) is 5.75 Å². The molecular weight excluding hydrogens is 402 g/mol. The van der Waals surface area contributed by atoms with Crippen molar-refractivity contribution in [3.8, 4) is 0 Å². The summed E-state index contributed by atoms with van der Waals surface area (Å²) in [5.41, 5.74) is 2.01. The third kappa shape index (κ3) is 4.05. The number of nitrogens with zero attached hydrogens (tertiary/aromatic N) is 1. The molecule has 5 nitrogen and oxygen atoms in total. The van der Waals surface area contributed by atoms with Gasteiger partial charge in [-0.2, -0.15) is 0 Å². The molecule has 1 aliphatic carbocycles. The Bertz CT molecular complexity index is 1060. The number of thioether (sulfide) groups is 1. The van der Waals surface area contributed by atoms with Crippen molar-refractivity contribution in [3.63, 3.8) is 0 Å². The smallest absolute Gasteiger partial charge is 0.259 e. The Kier molecular flexibility index (Phi) is 5.52. The van der Waals surface area contributed by atoms with Gasteiger partial charge < -0.3 is 10.3 Å². The largest absolute Gasteiger partial charge is 0.351 e. The highest BCUT2D eigenvalue weighted by atomic mass is 35.5. The number of benzene rings is 1. The van der Waals surface area contributed by atoms with Crippen LogP contribution in [0.5, 0.6) is 0 Å². The highest BCUT2D eigenvalue weighted by molar-refractivity contribution is 7.99. The number of aromatic nitrogens is 2. The number of carbonyl (C=O) groups excluding carboxylic acids is 1. The summed E-state index contributed by atoms with van der Waals surface area (Å²) in [7, 11) is 0. The van der Waals surface area contributed by atoms with E-state index in [-0.39, 0.29) is 11.5 Å². The third-order valence-corrected chi connectivity index (χ3v) is 7.03. The SMILES string of the molecule is O=C(CSCc1nc2sc3c(c2c(=O)[nH]1)CCC3)NCc1ccccc1Cl. The first-order valence-corrected chi connectivity index (χ1v) is 11.1. The summed E-state index contributed by atoms with van der Waals surface area (Å²) in [5, 5.41) is 4.26. The van der Waals surface area contributed by atoms with Crippen LogP contribution in [0.25, 0.3) is 10.2 Å². The first-order valence-electron chi connectivity index (χ1n) is 8.73. The summed E-state index contributed by atoms with van der Waals surface area (Å²) in [4.78, 5) is 34.0. The van der Waals surface area contributed by atoms with E-state index in [2.05, 4.69) is 15.3 Å². The second-order valence-corrected chi connectivity index (χ2v) is 8.89. The number of aryl methyl sites for hydroxylation is 2. The van der Waals surface area contributed by atoms with Gasteiger partial charge in [-0.3, -0.25) is 9.59 Å². The average Bonchev–Trinajstić information content (AvgIpc) is 3.21. The monoisotopic (exact) mass is 419 g/mol. The molecule has 2 N–H and O–H groups in total. The Morgan fingerprint density at radius 3 is 3.04 bits per heavy atom. The Balaban J connectivity index is 1.33. The lowest BCUT2D eigenvalue weighted by Crippen LogP contribution is -2.24. The van der Waals surface area contributed by atoms with E-state index in [4.69, 9.17) is 11.6 Å². The number of hydrogen-bond donors (Lipinski definition) is 2. The molecule has 3 aromatic rings. The fourth-order valence-corrected chi connectivity index (χ4v) is 5.45. The van der Waals surface area contributed by atoms with E-state index >= 15 is 0 Å². The van der Waals surface area contributed by atoms with Gasteiger partial charge in [-0.15, -0.1) is 23.1 Å². The molecule has 27 heavy (non-hydrogen) atoms. The van der Waals surface area contributed by atoms with Crippen LogP contribution in [-0.2, 0) is 29.9 Å². The van der Waals surface area contributed by atoms with Crippen LogP contribution in [0.4, 0.5) is 0 Å². The van der Waals surface area contributed by atoms with E-state index in [1.165, 1.54) is 22.2 Å². The number of carbonyl (C=O) groups is 1. The zero-order chi connectivity index (χ0) is 18.8. The van der Waals surface area contributed by atoms with Gasteiger partial charge in [0.05, 0.1) is 16.9 Å². The molecule has 0 saturated heterocycles. The minimum absolute atomic E-state index is 0.0572. The molecule has 1 aromatic carbocycles. The van der Waals surface area contributed by atoms with Gasteiger partial charge in [0.15, 0.2) is 0 Å². The maximum Gasteiger partial charge on any atom is 0.259 e. The second kappa shape index (κ2) is 8.04. The molecule has 4 rings (SSSR count). The quantitative estimate of drug-likeness (QED) is 0.639. The number of rotatable bonds is 6. The van der Waals surface area contributed by atoms with Crippen molar-refractivity contribution in [2.45, 2.75) is 31.6 Å². The molecule has 0 saturated carbocycles. The standard InChI is InChI=1S/C19H18ClN3O2S2/c20-13-6-2-1-4-11(13)8-21-16(24)10-26-9-15-22-18(25)17-12-5-3-7-14(12)27-19(17)23-15/h1-2,4,6H,3,5,7-10H2,(H,21,24)(H,22,23,25). The van der Waals surface area contributed by atoms with Crippen LogP contribution < -0.4 is 10.9 Å². The molecule has 2 heterocycles. The molecule has 2 aromatic heterocycles. The first kappa shape index (κ1) is 18.5. The maximum atomic E-state index is 12.4. The molecule has 0 atom stereocenters. The van der Waals surface area contributed by atoms with Gasteiger partial charge in [-0.1, -0.05) is 29.8 Å². The Morgan fingerprint density at radius 1 is 1.33 bits per heavy atom. The summed E-state index contributed by atoms with van der Waals surface area (Å²) >= 11 is 9.14. The van der Waals surface area contributed by atoms with E-state index in [1.807, 2.05) is 18.2 Å². The normalized spacial score (nSPS) is 13.1. The summed E-state index contributed by atoms with van der Waals surface area (Å²) < 4.78 is 0. The molecule has 0 unspecified atom stereocenters. The third-order valence-electron chi connectivity index (χ3n) is 4.53. The fraction of sp³-hybridized carbons (Fsp3) is 0.316. The predicted octanol–water partition coefficient (Wildman–Crippen LogP) is 3.68. The van der Waals surface area contributed by atoms with Crippen molar-refractivity contribution in [2.24, 2.45) is 0 Å². The van der Waals surface area contributed by atoms with Crippen LogP contribution in [-0.4, -0.2) is 21.6 Å². The number of nitrogens with one attached hydrogen (secondary N) is 2. The van der Waals surface area contributed by atoms with Crippen molar-refractivity contribution >= 4 is 50.8 Å². The molecular formula is C19H18ClN3O2S2. The van der Waals surface area contributed by atoms with Gasteiger partial charge in [-0.05, 0) is 36.5 Å². The van der Waals surface area contributed by atoms with E-state index in [1.54, 1.807) is 17.4 Å². The number of halogens is 1. The van der Waals surface area contributed by atoms with E-state index in [0.717, 1.165) is 35.0 Å². The number of fused-ring (bicyclic) bond motifs is 3. The minimum Gasteiger partial charge on any atom is -0.351 e. The molecule has 0 spiro atoms. The molecule has 0 bridgehead atoms. The molecule has 0 aliphatic heterocycles. The van der Waals surface area contributed by atoms with Crippen molar-refractivity contribution in [1.29, 1.82) is 0 Å². The lowest BCUT2D eigenvalue weighted by Gasteiger charge is -2.07. The lowest BCUT2D eigenvalue weighted by molar-refractivity contribution is -0.118. The molecule has 0 radical (unpaired) electrons. The van der Waals surface area contributed by atoms with Gasteiger partial charge in [0.1, 0.15) is 10.7 Å². The zero-order valence-electron chi connectivity index (χ0n) is 14.5. The molecule has 140 valence electrons. The summed E-state index contributed by atoms with van der Waals surface area (Å²) in [6.45, 7) is 0.404. The number of aromatic amines is 1. The highest BCUT2D eigenvalue weighted by Gasteiger charge is 2.21. The lowest BCUT2D eigenvalue weighted by atomic mass is 10.2. The highest BCUT2D eigenvalue weighted by Crippen LogP contribution is 2.34. The predicted molar refractivity (Wildman–Crippen MR) is 112 cm³/mol. The number of H-pyrrole nitrogens is 1. The number of thiophene rings is 1. The zero-order valence-corrected chi connectivity index (χ0v) is 16.9. The summed E-state index contributed by atoms with van der Waals surface area (Å²) in [5.74, 6) is 1.34. The van der Waals surface area contributed by atoms with Gasteiger partial charge >= 0.3 is 0 Å². The fourth-order valence-electron chi connectivity index (χ4n) is 3.24.